The van der Waals surface area contributed by atoms with Crippen LogP contribution in [-0.4, -0.2) is 56.8 Å². The quantitative estimate of drug-likeness (QED) is 0.463. The number of carbonyl (C=O) groups is 1. The lowest BCUT2D eigenvalue weighted by Crippen LogP contribution is -2.36. The van der Waals surface area contributed by atoms with E-state index in [0.717, 1.165) is 6.42 Å². The minimum Gasteiger partial charge on any atom is -0.378 e. The molecule has 1 saturated heterocycles. The zero-order valence-electron chi connectivity index (χ0n) is 21.8. The van der Waals surface area contributed by atoms with Crippen molar-refractivity contribution in [3.63, 3.8) is 0 Å². The summed E-state index contributed by atoms with van der Waals surface area (Å²) < 4.78 is 59.8. The van der Waals surface area contributed by atoms with E-state index in [4.69, 9.17) is 8.85 Å². The molecule has 1 saturated carbocycles. The number of halogens is 2. The molecule has 5 heterocycles. The van der Waals surface area contributed by atoms with E-state index < -0.39 is 12.1 Å². The van der Waals surface area contributed by atoms with E-state index in [1.807, 2.05) is 11.8 Å². The number of carbonyl (C=O) groups excluding carboxylic acids is 1. The Hall–Kier alpha value is -3.73. The molecular formula is C24H23F2N7O2. The largest absolute Gasteiger partial charge is 0.378 e. The molecule has 0 spiro atoms. The molecule has 0 bridgehead atoms. The number of hydrogen-bond donors (Lipinski definition) is 1. The molecule has 4 aromatic rings. The first-order chi connectivity index (χ1) is 18.2. The summed E-state index contributed by atoms with van der Waals surface area (Å²) in [6.45, 7) is 3.78. The Labute approximate surface area is 203 Å². The van der Waals surface area contributed by atoms with Crippen molar-refractivity contribution in [3.05, 3.63) is 42.4 Å². The van der Waals surface area contributed by atoms with Crippen molar-refractivity contribution < 1.29 is 22.4 Å². The number of pyridine rings is 3. The van der Waals surface area contributed by atoms with Gasteiger partial charge < -0.3 is 15.0 Å². The topological polar surface area (TPSA) is 97.5 Å². The van der Waals surface area contributed by atoms with Crippen molar-refractivity contribution in [2.75, 3.05) is 36.5 Å². The lowest BCUT2D eigenvalue weighted by Gasteiger charge is -2.28. The predicted molar refractivity (Wildman–Crippen MR) is 125 cm³/mol. The third kappa shape index (κ3) is 4.05. The number of aromatic nitrogens is 5. The molecule has 35 heavy (non-hydrogen) atoms. The van der Waals surface area contributed by atoms with Gasteiger partial charge in [-0.3, -0.25) is 9.78 Å². The van der Waals surface area contributed by atoms with Gasteiger partial charge in [0, 0.05) is 47.7 Å². The second-order valence-corrected chi connectivity index (χ2v) is 8.76. The van der Waals surface area contributed by atoms with E-state index in [2.05, 4.69) is 25.4 Å². The minimum atomic E-state index is -2.86. The van der Waals surface area contributed by atoms with Gasteiger partial charge in [0.2, 0.25) is 5.91 Å². The molecule has 1 amide bonds. The van der Waals surface area contributed by atoms with Crippen molar-refractivity contribution >= 4 is 33.8 Å². The normalized spacial score (nSPS) is 21.3. The number of alkyl halides is 2. The maximum atomic E-state index is 13.8. The van der Waals surface area contributed by atoms with Crippen LogP contribution < -0.4 is 10.2 Å². The number of rotatable bonds is 5. The van der Waals surface area contributed by atoms with E-state index in [-0.39, 0.29) is 75.3 Å². The van der Waals surface area contributed by atoms with Gasteiger partial charge in [0.1, 0.15) is 11.5 Å². The summed E-state index contributed by atoms with van der Waals surface area (Å²) in [7, 11) is 0. The molecule has 1 aliphatic heterocycles. The highest BCUT2D eigenvalue weighted by molar-refractivity contribution is 6.00. The molecule has 0 aromatic carbocycles. The minimum absolute atomic E-state index is 0.0107. The Morgan fingerprint density at radius 1 is 1.23 bits per heavy atom. The van der Waals surface area contributed by atoms with Crippen LogP contribution in [0.25, 0.3) is 27.8 Å². The third-order valence-corrected chi connectivity index (χ3v) is 6.39. The zero-order valence-corrected chi connectivity index (χ0v) is 18.8. The number of ether oxygens (including phenoxy) is 1. The number of anilines is 2. The Balaban J connectivity index is 1.49. The number of amides is 1. The monoisotopic (exact) mass is 482 g/mol. The highest BCUT2D eigenvalue weighted by atomic mass is 19.3. The first kappa shape index (κ1) is 18.6. The first-order valence-electron chi connectivity index (χ1n) is 12.8. The van der Waals surface area contributed by atoms with Crippen LogP contribution in [0.15, 0.2) is 36.7 Å². The molecule has 0 unspecified atom stereocenters. The van der Waals surface area contributed by atoms with Crippen LogP contribution in [0.4, 0.5) is 20.3 Å². The van der Waals surface area contributed by atoms with Crippen LogP contribution in [0, 0.1) is 11.8 Å². The van der Waals surface area contributed by atoms with Crippen LogP contribution in [-0.2, 0) is 9.53 Å². The molecule has 2 atom stereocenters. The Morgan fingerprint density at radius 3 is 2.77 bits per heavy atom. The average Bonchev–Trinajstić information content (AvgIpc) is 3.48. The predicted octanol–water partition coefficient (Wildman–Crippen LogP) is 3.71. The van der Waals surface area contributed by atoms with Gasteiger partial charge in [-0.15, -0.1) is 5.10 Å². The van der Waals surface area contributed by atoms with Gasteiger partial charge >= 0.3 is 0 Å². The van der Waals surface area contributed by atoms with Gasteiger partial charge in [-0.1, -0.05) is 6.92 Å². The molecule has 0 radical (unpaired) electrons. The molecule has 2 aliphatic rings. The van der Waals surface area contributed by atoms with Crippen molar-refractivity contribution in [3.8, 4) is 11.4 Å². The Bertz CT molecular complexity index is 1590. The summed E-state index contributed by atoms with van der Waals surface area (Å²) in [4.78, 5) is 26.7. The van der Waals surface area contributed by atoms with Crippen LogP contribution in [0.2, 0.25) is 0 Å². The van der Waals surface area contributed by atoms with Crippen molar-refractivity contribution in [1.29, 1.82) is 0 Å². The second kappa shape index (κ2) is 8.49. The molecule has 180 valence electrons. The van der Waals surface area contributed by atoms with E-state index in [9.17, 15) is 13.6 Å². The molecule has 6 rings (SSSR count). The number of morpholine rings is 1. The van der Waals surface area contributed by atoms with Crippen molar-refractivity contribution in [2.45, 2.75) is 19.8 Å². The molecule has 1 N–H and O–H groups in total. The average molecular weight is 483 g/mol. The molecular weight excluding hydrogens is 456 g/mol. The van der Waals surface area contributed by atoms with Gasteiger partial charge in [0.15, 0.2) is 11.5 Å². The molecule has 2 fully saturated rings. The lowest BCUT2D eigenvalue weighted by molar-refractivity contribution is -0.117. The highest BCUT2D eigenvalue weighted by Gasteiger charge is 2.39. The highest BCUT2D eigenvalue weighted by Crippen LogP contribution is 2.39. The van der Waals surface area contributed by atoms with E-state index in [0.29, 0.717) is 26.3 Å². The smallest absolute Gasteiger partial charge is 0.281 e. The van der Waals surface area contributed by atoms with Crippen LogP contribution in [0.3, 0.4) is 0 Å². The van der Waals surface area contributed by atoms with Gasteiger partial charge in [0.25, 0.3) is 6.43 Å². The maximum Gasteiger partial charge on any atom is 0.281 e. The summed E-state index contributed by atoms with van der Waals surface area (Å²) >= 11 is 0. The second-order valence-electron chi connectivity index (χ2n) is 8.76. The maximum absolute atomic E-state index is 13.8. The standard InChI is InChI=1S/C24H23F2N7O2/c1-13-8-15(13)24(34)29-19-9-16-17(10-27-19)21(22(25)26)28-11-18(16)23-30-20-3-2-14(12-33(20)31-23)32-4-6-35-7-5-32/h2-3,9-13,15,22H,4-8H2,1H3,(H,27,29,34)/t13-,15+/m1/s1/i2D,3D,12D. The van der Waals surface area contributed by atoms with Crippen LogP contribution in [0.5, 0.6) is 0 Å². The van der Waals surface area contributed by atoms with Crippen molar-refractivity contribution in [2.24, 2.45) is 11.8 Å². The summed E-state index contributed by atoms with van der Waals surface area (Å²) in [5.41, 5.74) is 0.0355. The fraction of sp³-hybridized carbons (Fsp3) is 0.375. The van der Waals surface area contributed by atoms with Gasteiger partial charge in [-0.2, -0.15) is 0 Å². The number of nitrogens with zero attached hydrogens (tertiary/aromatic N) is 6. The third-order valence-electron chi connectivity index (χ3n) is 6.39. The van der Waals surface area contributed by atoms with Crippen LogP contribution >= 0.6 is 0 Å². The van der Waals surface area contributed by atoms with Gasteiger partial charge in [-0.05, 0) is 30.5 Å². The number of fused-ring (bicyclic) bond motifs is 2. The Morgan fingerprint density at radius 2 is 2.03 bits per heavy atom. The fourth-order valence-corrected chi connectivity index (χ4v) is 4.25. The number of nitrogens with one attached hydrogen (secondary N) is 1. The zero-order chi connectivity index (χ0) is 26.7. The summed E-state index contributed by atoms with van der Waals surface area (Å²) in [5, 5.41) is 7.53. The number of hydrogen-bond acceptors (Lipinski definition) is 7. The summed E-state index contributed by atoms with van der Waals surface area (Å²) in [5.74, 6) is 0.236. The van der Waals surface area contributed by atoms with Gasteiger partial charge in [-0.25, -0.2) is 23.3 Å². The van der Waals surface area contributed by atoms with Gasteiger partial charge in [0.05, 0.1) is 29.2 Å². The SMILES string of the molecule is [2H]c1c(N2CCOCC2)c([2H])n2nc(-c3cnc(C(F)F)c4cnc(NC(=O)[C@H]5C[C@H]5C)cc34)nc2c1[2H]. The van der Waals surface area contributed by atoms with Crippen LogP contribution in [0.1, 0.15) is 29.6 Å². The Kier molecular flexibility index (Phi) is 4.51. The van der Waals surface area contributed by atoms with E-state index in [1.54, 1.807) is 0 Å². The molecule has 1 aliphatic carbocycles. The summed E-state index contributed by atoms with van der Waals surface area (Å²) in [6.07, 6.45) is 0.252. The summed E-state index contributed by atoms with van der Waals surface area (Å²) in [6, 6.07) is 1.12. The molecule has 9 nitrogen and oxygen atoms in total. The van der Waals surface area contributed by atoms with E-state index in [1.165, 1.54) is 23.0 Å². The van der Waals surface area contributed by atoms with Crippen molar-refractivity contribution in [1.82, 2.24) is 24.6 Å². The first-order valence-corrected chi connectivity index (χ1v) is 11.3. The lowest BCUT2D eigenvalue weighted by atomic mass is 10.1. The van der Waals surface area contributed by atoms with E-state index >= 15 is 0 Å². The molecule has 4 aromatic heterocycles. The molecule has 11 heteroatoms. The fourth-order valence-electron chi connectivity index (χ4n) is 4.25.